The highest BCUT2D eigenvalue weighted by molar-refractivity contribution is 8.21. The normalized spacial score (nSPS) is 28.7. The molecule has 3 aliphatic rings. The smallest absolute Gasteiger partial charge is 0.338 e. The Balaban J connectivity index is 1.44. The molecule has 3 fully saturated rings. The van der Waals surface area contributed by atoms with Crippen molar-refractivity contribution in [3.8, 4) is 0 Å². The van der Waals surface area contributed by atoms with Gasteiger partial charge in [-0.1, -0.05) is 12.5 Å². The van der Waals surface area contributed by atoms with Gasteiger partial charge in [0, 0.05) is 23.1 Å². The molecular formula is C21H27NO3S2. The van der Waals surface area contributed by atoms with Crippen LogP contribution in [0.15, 0.2) is 24.3 Å². The predicted octanol–water partition coefficient (Wildman–Crippen LogP) is 4.80. The molecular weight excluding hydrogens is 378 g/mol. The van der Waals surface area contributed by atoms with Crippen molar-refractivity contribution in [2.45, 2.75) is 43.1 Å². The van der Waals surface area contributed by atoms with Crippen LogP contribution < -0.4 is 5.32 Å². The Kier molecular flexibility index (Phi) is 5.74. The Morgan fingerprint density at radius 1 is 1.19 bits per heavy atom. The number of nitrogens with one attached hydrogen (secondary N) is 1. The second kappa shape index (κ2) is 8.08. The number of amides is 1. The summed E-state index contributed by atoms with van der Waals surface area (Å²) in [4.78, 5) is 24.9. The lowest BCUT2D eigenvalue weighted by Gasteiger charge is -2.52. The van der Waals surface area contributed by atoms with Gasteiger partial charge < -0.3 is 10.1 Å². The second-order valence-electron chi connectivity index (χ2n) is 7.70. The first kappa shape index (κ1) is 19.2. The molecule has 2 unspecified atom stereocenters. The van der Waals surface area contributed by atoms with Crippen LogP contribution in [0.2, 0.25) is 0 Å². The zero-order valence-corrected chi connectivity index (χ0v) is 17.4. The summed E-state index contributed by atoms with van der Waals surface area (Å²) in [5.74, 6) is 3.67. The number of carbonyl (C=O) groups excluding carboxylic acids is 2. The SMILES string of the molecule is CCOC(=O)c1cccc(NC(=O)C2CC3CCCC(C2)C32SCCS2)c1. The number of thioether (sulfide) groups is 2. The summed E-state index contributed by atoms with van der Waals surface area (Å²) in [6.45, 7) is 2.13. The van der Waals surface area contributed by atoms with Crippen molar-refractivity contribution < 1.29 is 14.3 Å². The maximum Gasteiger partial charge on any atom is 0.338 e. The second-order valence-corrected chi connectivity index (χ2v) is 10.7. The lowest BCUT2D eigenvalue weighted by atomic mass is 9.67. The molecule has 0 aromatic heterocycles. The van der Waals surface area contributed by atoms with Gasteiger partial charge in [-0.05, 0) is 62.6 Å². The zero-order valence-electron chi connectivity index (χ0n) is 15.7. The number of esters is 1. The van der Waals surface area contributed by atoms with Crippen LogP contribution in [0.25, 0.3) is 0 Å². The highest BCUT2D eigenvalue weighted by atomic mass is 32.2. The maximum atomic E-state index is 13.0. The molecule has 1 N–H and O–H groups in total. The number of carbonyl (C=O) groups is 2. The molecule has 4 rings (SSSR count). The first-order valence-corrected chi connectivity index (χ1v) is 12.0. The van der Waals surface area contributed by atoms with E-state index in [-0.39, 0.29) is 17.8 Å². The van der Waals surface area contributed by atoms with Crippen molar-refractivity contribution in [3.63, 3.8) is 0 Å². The van der Waals surface area contributed by atoms with Crippen LogP contribution in [0, 0.1) is 17.8 Å². The number of ether oxygens (including phenoxy) is 1. The van der Waals surface area contributed by atoms with Crippen LogP contribution in [-0.2, 0) is 9.53 Å². The third kappa shape index (κ3) is 3.75. The highest BCUT2D eigenvalue weighted by Crippen LogP contribution is 2.64. The van der Waals surface area contributed by atoms with Gasteiger partial charge in [0.05, 0.1) is 16.2 Å². The van der Waals surface area contributed by atoms with Gasteiger partial charge in [-0.2, -0.15) is 0 Å². The predicted molar refractivity (Wildman–Crippen MR) is 112 cm³/mol. The largest absolute Gasteiger partial charge is 0.462 e. The summed E-state index contributed by atoms with van der Waals surface area (Å²) in [5, 5.41) is 3.06. The van der Waals surface area contributed by atoms with Crippen LogP contribution in [0.4, 0.5) is 5.69 Å². The van der Waals surface area contributed by atoms with Crippen LogP contribution in [0.3, 0.4) is 0 Å². The van der Waals surface area contributed by atoms with E-state index in [0.29, 0.717) is 33.8 Å². The fourth-order valence-electron chi connectivity index (χ4n) is 5.01. The Morgan fingerprint density at radius 3 is 2.56 bits per heavy atom. The van der Waals surface area contributed by atoms with Crippen LogP contribution in [-0.4, -0.2) is 34.1 Å². The lowest BCUT2D eigenvalue weighted by molar-refractivity contribution is -0.122. The van der Waals surface area contributed by atoms with Crippen LogP contribution in [0.1, 0.15) is 49.4 Å². The van der Waals surface area contributed by atoms with Crippen molar-refractivity contribution >= 4 is 41.1 Å². The molecule has 1 amide bonds. The molecule has 6 heteroatoms. The van der Waals surface area contributed by atoms with Gasteiger partial charge in [-0.15, -0.1) is 23.5 Å². The van der Waals surface area contributed by atoms with E-state index in [2.05, 4.69) is 28.8 Å². The van der Waals surface area contributed by atoms with E-state index in [1.165, 1.54) is 30.8 Å². The van der Waals surface area contributed by atoms with Gasteiger partial charge in [0.1, 0.15) is 0 Å². The van der Waals surface area contributed by atoms with E-state index in [9.17, 15) is 9.59 Å². The maximum absolute atomic E-state index is 13.0. The molecule has 2 aliphatic carbocycles. The van der Waals surface area contributed by atoms with Gasteiger partial charge in [0.25, 0.3) is 0 Å². The summed E-state index contributed by atoms with van der Waals surface area (Å²) >= 11 is 4.33. The lowest BCUT2D eigenvalue weighted by Crippen LogP contribution is -2.48. The molecule has 2 saturated carbocycles. The third-order valence-electron chi connectivity index (χ3n) is 6.13. The summed E-state index contributed by atoms with van der Waals surface area (Å²) in [7, 11) is 0. The molecule has 1 aliphatic heterocycles. The molecule has 1 spiro atoms. The van der Waals surface area contributed by atoms with E-state index in [1.807, 2.05) is 6.07 Å². The summed E-state index contributed by atoms with van der Waals surface area (Å²) < 4.78 is 5.44. The molecule has 1 aromatic carbocycles. The van der Waals surface area contributed by atoms with Gasteiger partial charge in [-0.3, -0.25) is 4.79 Å². The first-order chi connectivity index (χ1) is 13.1. The standard InChI is InChI=1S/C21H27NO3S2/c1-2-25-20(24)14-5-3-8-18(13-14)22-19(23)15-11-16-6-4-7-17(12-15)21(16)26-9-10-27-21/h3,5,8,13,15-17H,2,4,6-7,9-12H2,1H3,(H,22,23). The summed E-state index contributed by atoms with van der Waals surface area (Å²) in [5.41, 5.74) is 1.16. The minimum atomic E-state index is -0.349. The van der Waals surface area contributed by atoms with Gasteiger partial charge in [0.2, 0.25) is 5.91 Å². The van der Waals surface area contributed by atoms with Crippen LogP contribution >= 0.6 is 23.5 Å². The number of benzene rings is 1. The molecule has 1 heterocycles. The van der Waals surface area contributed by atoms with E-state index in [0.717, 1.165) is 12.8 Å². The third-order valence-corrected chi connectivity index (χ3v) is 10.1. The average molecular weight is 406 g/mol. The molecule has 1 aromatic rings. The fraction of sp³-hybridized carbons (Fsp3) is 0.619. The van der Waals surface area contributed by atoms with Gasteiger partial charge in [0.15, 0.2) is 0 Å². The highest BCUT2D eigenvalue weighted by Gasteiger charge is 2.55. The van der Waals surface area contributed by atoms with Crippen molar-refractivity contribution in [3.05, 3.63) is 29.8 Å². The van der Waals surface area contributed by atoms with E-state index in [4.69, 9.17) is 4.74 Å². The Morgan fingerprint density at radius 2 is 1.89 bits per heavy atom. The van der Waals surface area contributed by atoms with Crippen molar-refractivity contribution in [1.29, 1.82) is 0 Å². The number of hydrogen-bond acceptors (Lipinski definition) is 5. The quantitative estimate of drug-likeness (QED) is 0.729. The fourth-order valence-corrected chi connectivity index (χ4v) is 8.94. The number of hydrogen-bond donors (Lipinski definition) is 1. The summed E-state index contributed by atoms with van der Waals surface area (Å²) in [6.07, 6.45) is 5.84. The Labute approximate surface area is 169 Å². The topological polar surface area (TPSA) is 55.4 Å². The van der Waals surface area contributed by atoms with Crippen molar-refractivity contribution in [1.82, 2.24) is 0 Å². The van der Waals surface area contributed by atoms with Gasteiger partial charge >= 0.3 is 5.97 Å². The van der Waals surface area contributed by atoms with E-state index >= 15 is 0 Å². The minimum absolute atomic E-state index is 0.0824. The summed E-state index contributed by atoms with van der Waals surface area (Å²) in [6, 6.07) is 7.06. The van der Waals surface area contributed by atoms with Crippen LogP contribution in [0.5, 0.6) is 0 Å². The monoisotopic (exact) mass is 405 g/mol. The van der Waals surface area contributed by atoms with Gasteiger partial charge in [-0.25, -0.2) is 4.79 Å². The minimum Gasteiger partial charge on any atom is -0.462 e. The molecule has 0 radical (unpaired) electrons. The van der Waals surface area contributed by atoms with E-state index in [1.54, 1.807) is 25.1 Å². The van der Waals surface area contributed by atoms with E-state index < -0.39 is 0 Å². The molecule has 2 atom stereocenters. The molecule has 4 nitrogen and oxygen atoms in total. The molecule has 146 valence electrons. The number of rotatable bonds is 4. The first-order valence-electron chi connectivity index (χ1n) is 9.98. The molecule has 27 heavy (non-hydrogen) atoms. The molecule has 1 saturated heterocycles. The molecule has 2 bridgehead atoms. The van der Waals surface area contributed by atoms with Crippen molar-refractivity contribution in [2.24, 2.45) is 17.8 Å². The Hall–Kier alpha value is -1.14. The van der Waals surface area contributed by atoms with Crippen molar-refractivity contribution in [2.75, 3.05) is 23.4 Å². The Bertz CT molecular complexity index is 701. The zero-order chi connectivity index (χ0) is 18.9. The average Bonchev–Trinajstić information content (AvgIpc) is 3.11. The number of anilines is 1.